The lowest BCUT2D eigenvalue weighted by Crippen LogP contribution is -2.41. The summed E-state index contributed by atoms with van der Waals surface area (Å²) in [6, 6.07) is 0. The average molecular weight is 244 g/mol. The Balaban J connectivity index is 4.14. The largest absolute Gasteiger partial charge is 0.481 e. The van der Waals surface area contributed by atoms with Crippen LogP contribution in [0, 0.1) is 11.8 Å². The van der Waals surface area contributed by atoms with Crippen LogP contribution >= 0.6 is 0 Å². The van der Waals surface area contributed by atoms with Crippen molar-refractivity contribution >= 4 is 17.8 Å². The van der Waals surface area contributed by atoms with E-state index in [0.717, 1.165) is 0 Å². The molecule has 0 saturated heterocycles. The summed E-state index contributed by atoms with van der Waals surface area (Å²) >= 11 is 0. The Morgan fingerprint density at radius 2 is 1.82 bits per heavy atom. The highest BCUT2D eigenvalue weighted by Crippen LogP contribution is 2.09. The Labute approximate surface area is 101 Å². The minimum absolute atomic E-state index is 0.0558. The lowest BCUT2D eigenvalue weighted by atomic mass is 9.96. The van der Waals surface area contributed by atoms with E-state index in [9.17, 15) is 14.4 Å². The zero-order valence-electron chi connectivity index (χ0n) is 10.7. The van der Waals surface area contributed by atoms with Gasteiger partial charge in [-0.1, -0.05) is 13.8 Å². The quantitative estimate of drug-likeness (QED) is 0.685. The highest BCUT2D eigenvalue weighted by Gasteiger charge is 2.22. The van der Waals surface area contributed by atoms with Crippen LogP contribution < -0.4 is 5.32 Å². The lowest BCUT2D eigenvalue weighted by Gasteiger charge is -2.18. The molecule has 0 aromatic heterocycles. The van der Waals surface area contributed by atoms with Crippen LogP contribution in [0.3, 0.4) is 0 Å². The molecule has 0 aromatic rings. The Hall–Kier alpha value is -1.59. The predicted octanol–water partition coefficient (Wildman–Crippen LogP) is -0.0623. The van der Waals surface area contributed by atoms with E-state index in [-0.39, 0.29) is 30.8 Å². The molecule has 0 fully saturated rings. The van der Waals surface area contributed by atoms with Gasteiger partial charge < -0.3 is 15.3 Å². The smallest absolute Gasteiger partial charge is 0.308 e. The van der Waals surface area contributed by atoms with Gasteiger partial charge >= 0.3 is 5.97 Å². The van der Waals surface area contributed by atoms with Crippen molar-refractivity contribution in [3.05, 3.63) is 0 Å². The number of carboxylic acids is 1. The molecule has 6 nitrogen and oxygen atoms in total. The van der Waals surface area contributed by atoms with Crippen LogP contribution in [0.4, 0.5) is 0 Å². The third kappa shape index (κ3) is 5.89. The van der Waals surface area contributed by atoms with Crippen LogP contribution in [0.25, 0.3) is 0 Å². The average Bonchev–Trinajstić information content (AvgIpc) is 2.16. The second kappa shape index (κ2) is 6.88. The molecule has 0 radical (unpaired) electrons. The van der Waals surface area contributed by atoms with Crippen molar-refractivity contribution in [3.63, 3.8) is 0 Å². The zero-order valence-corrected chi connectivity index (χ0v) is 10.7. The molecule has 0 saturated carbocycles. The predicted molar refractivity (Wildman–Crippen MR) is 62.3 cm³/mol. The normalized spacial score (nSPS) is 12.1. The first-order valence-electron chi connectivity index (χ1n) is 5.47. The van der Waals surface area contributed by atoms with Crippen LogP contribution in [0.2, 0.25) is 0 Å². The summed E-state index contributed by atoms with van der Waals surface area (Å²) in [5.74, 6) is -2.16. The molecular weight excluding hydrogens is 224 g/mol. The second-order valence-corrected chi connectivity index (χ2v) is 4.37. The van der Waals surface area contributed by atoms with Gasteiger partial charge in [-0.15, -0.1) is 0 Å². The molecule has 2 N–H and O–H groups in total. The number of nitrogens with one attached hydrogen (secondary N) is 1. The topological polar surface area (TPSA) is 86.7 Å². The Bertz CT molecular complexity index is 302. The Morgan fingerprint density at radius 3 is 2.18 bits per heavy atom. The number of hydrogen-bond donors (Lipinski definition) is 2. The van der Waals surface area contributed by atoms with Crippen LogP contribution in [0.5, 0.6) is 0 Å². The SMILES string of the molecule is CC(=O)N(C)CC(=O)NCC(C(=O)O)C(C)C. The summed E-state index contributed by atoms with van der Waals surface area (Å²) in [6.07, 6.45) is 0. The summed E-state index contributed by atoms with van der Waals surface area (Å²) in [5, 5.41) is 11.4. The molecule has 2 amide bonds. The van der Waals surface area contributed by atoms with E-state index in [1.807, 2.05) is 0 Å². The molecule has 0 heterocycles. The minimum Gasteiger partial charge on any atom is -0.481 e. The van der Waals surface area contributed by atoms with Crippen molar-refractivity contribution in [2.75, 3.05) is 20.1 Å². The molecule has 0 bridgehead atoms. The molecule has 6 heteroatoms. The Morgan fingerprint density at radius 1 is 1.29 bits per heavy atom. The summed E-state index contributed by atoms with van der Waals surface area (Å²) in [4.78, 5) is 34.4. The van der Waals surface area contributed by atoms with Crippen molar-refractivity contribution in [1.82, 2.24) is 10.2 Å². The van der Waals surface area contributed by atoms with Gasteiger partial charge in [0.15, 0.2) is 0 Å². The number of rotatable bonds is 6. The lowest BCUT2D eigenvalue weighted by molar-refractivity contribution is -0.143. The highest BCUT2D eigenvalue weighted by molar-refractivity contribution is 5.83. The molecule has 98 valence electrons. The van der Waals surface area contributed by atoms with Crippen LogP contribution in [-0.4, -0.2) is 47.9 Å². The van der Waals surface area contributed by atoms with Gasteiger partial charge in [-0.2, -0.15) is 0 Å². The monoisotopic (exact) mass is 244 g/mol. The number of likely N-dealkylation sites (N-methyl/N-ethyl adjacent to an activating group) is 1. The summed E-state index contributed by atoms with van der Waals surface area (Å²) in [7, 11) is 1.51. The fourth-order valence-corrected chi connectivity index (χ4v) is 1.21. The van der Waals surface area contributed by atoms with Crippen molar-refractivity contribution in [2.45, 2.75) is 20.8 Å². The number of carboxylic acid groups (broad SMARTS) is 1. The van der Waals surface area contributed by atoms with Crippen molar-refractivity contribution in [3.8, 4) is 0 Å². The summed E-state index contributed by atoms with van der Waals surface area (Å²) in [5.41, 5.74) is 0. The van der Waals surface area contributed by atoms with Crippen molar-refractivity contribution in [2.24, 2.45) is 11.8 Å². The van der Waals surface area contributed by atoms with Gasteiger partial charge in [0.05, 0.1) is 12.5 Å². The maximum atomic E-state index is 11.4. The second-order valence-electron chi connectivity index (χ2n) is 4.37. The maximum Gasteiger partial charge on any atom is 0.308 e. The molecule has 0 spiro atoms. The molecule has 0 aliphatic heterocycles. The van der Waals surface area contributed by atoms with E-state index in [2.05, 4.69) is 5.32 Å². The fraction of sp³-hybridized carbons (Fsp3) is 0.727. The molecule has 0 rings (SSSR count). The van der Waals surface area contributed by atoms with E-state index in [4.69, 9.17) is 5.11 Å². The molecule has 0 aromatic carbocycles. The minimum atomic E-state index is -0.930. The van der Waals surface area contributed by atoms with Crippen LogP contribution in [0.1, 0.15) is 20.8 Å². The number of aliphatic carboxylic acids is 1. The molecule has 17 heavy (non-hydrogen) atoms. The van der Waals surface area contributed by atoms with E-state index < -0.39 is 11.9 Å². The van der Waals surface area contributed by atoms with E-state index >= 15 is 0 Å². The standard InChI is InChI=1S/C11H20N2O4/c1-7(2)9(11(16)17)5-12-10(15)6-13(4)8(3)14/h7,9H,5-6H2,1-4H3,(H,12,15)(H,16,17). The van der Waals surface area contributed by atoms with Crippen LogP contribution in [-0.2, 0) is 14.4 Å². The van der Waals surface area contributed by atoms with E-state index in [0.29, 0.717) is 0 Å². The fourth-order valence-electron chi connectivity index (χ4n) is 1.21. The first-order valence-corrected chi connectivity index (χ1v) is 5.47. The maximum absolute atomic E-state index is 11.4. The number of nitrogens with zero attached hydrogens (tertiary/aromatic N) is 1. The van der Waals surface area contributed by atoms with Gasteiger partial charge in [-0.3, -0.25) is 14.4 Å². The van der Waals surface area contributed by atoms with Gasteiger partial charge in [0.1, 0.15) is 0 Å². The first kappa shape index (κ1) is 15.4. The van der Waals surface area contributed by atoms with Crippen molar-refractivity contribution in [1.29, 1.82) is 0 Å². The summed E-state index contributed by atoms with van der Waals surface area (Å²) in [6.45, 7) is 4.96. The summed E-state index contributed by atoms with van der Waals surface area (Å²) < 4.78 is 0. The third-order valence-corrected chi connectivity index (χ3v) is 2.56. The van der Waals surface area contributed by atoms with Gasteiger partial charge in [-0.25, -0.2) is 0 Å². The molecule has 0 aliphatic rings. The molecule has 0 aliphatic carbocycles. The third-order valence-electron chi connectivity index (χ3n) is 2.56. The van der Waals surface area contributed by atoms with Gasteiger partial charge in [0.2, 0.25) is 11.8 Å². The Kier molecular flexibility index (Phi) is 6.23. The van der Waals surface area contributed by atoms with Gasteiger partial charge in [0.25, 0.3) is 0 Å². The first-order chi connectivity index (χ1) is 7.75. The highest BCUT2D eigenvalue weighted by atomic mass is 16.4. The van der Waals surface area contributed by atoms with E-state index in [1.165, 1.54) is 18.9 Å². The van der Waals surface area contributed by atoms with Gasteiger partial charge in [-0.05, 0) is 5.92 Å². The van der Waals surface area contributed by atoms with E-state index in [1.54, 1.807) is 13.8 Å². The number of hydrogen-bond acceptors (Lipinski definition) is 3. The number of amides is 2. The number of carbonyl (C=O) groups excluding carboxylic acids is 2. The molecule has 1 atom stereocenters. The van der Waals surface area contributed by atoms with Gasteiger partial charge in [0, 0.05) is 20.5 Å². The zero-order chi connectivity index (χ0) is 13.6. The van der Waals surface area contributed by atoms with Crippen LogP contribution in [0.15, 0.2) is 0 Å². The number of carbonyl (C=O) groups is 3. The molecular formula is C11H20N2O4. The molecule has 1 unspecified atom stereocenters. The van der Waals surface area contributed by atoms with Crippen molar-refractivity contribution < 1.29 is 19.5 Å².